The number of nitrogens with one attached hydrogen (secondary N) is 12. The molecule has 20 aromatic rings. The summed E-state index contributed by atoms with van der Waals surface area (Å²) in [5, 5.41) is 18.4. The number of ketones is 4. The number of aliphatic hydroxyl groups is 1. The number of Topliss-reactive ketones (excluding diaryl/α,β-unsaturated/α-hetero) is 4. The molecule has 20 heteroatoms. The Kier molecular flexibility index (Phi) is 21.0. The second-order valence-electron chi connectivity index (χ2n) is 31.3. The molecular weight excluding hydrogens is 1510 g/mol. The molecule has 13 N–H and O–H groups in total. The average Bonchev–Trinajstić information content (AvgIpc) is 1.61. The van der Waals surface area contributed by atoms with E-state index >= 15 is 0 Å². The summed E-state index contributed by atoms with van der Waals surface area (Å²) in [6.07, 6.45) is 12.6. The first kappa shape index (κ1) is 78.2. The lowest BCUT2D eigenvalue weighted by atomic mass is 9.88. The molecule has 0 aliphatic rings. The molecule has 8 aromatic carbocycles. The molecule has 17 nitrogen and oxygen atoms in total. The fraction of sp³-hybridized carbons (Fsp3) is 0.160. The van der Waals surface area contributed by atoms with Gasteiger partial charge in [-0.2, -0.15) is 0 Å². The van der Waals surface area contributed by atoms with Gasteiger partial charge in [-0.05, 0) is 147 Å². The highest BCUT2D eigenvalue weighted by Gasteiger charge is 2.34. The van der Waals surface area contributed by atoms with E-state index in [1.165, 1.54) is 19.4 Å². The molecule has 0 aliphatic heterocycles. The van der Waals surface area contributed by atoms with Gasteiger partial charge in [-0.3, -0.25) is 23.6 Å². The Labute approximate surface area is 687 Å². The van der Waals surface area contributed by atoms with Crippen LogP contribution in [0.5, 0.6) is 0 Å². The number of aromatic amines is 12. The maximum atomic E-state index is 14.1. The van der Waals surface area contributed by atoms with Gasteiger partial charge >= 0.3 is 0 Å². The van der Waals surface area contributed by atoms with E-state index in [1.54, 1.807) is 20.8 Å². The summed E-state index contributed by atoms with van der Waals surface area (Å²) >= 11 is 0. The van der Waals surface area contributed by atoms with E-state index < -0.39 is 19.0 Å². The minimum absolute atomic E-state index is 0.0125. The third kappa shape index (κ3) is 13.8. The highest BCUT2D eigenvalue weighted by atomic mass is 19.3. The first-order chi connectivity index (χ1) is 58.2. The summed E-state index contributed by atoms with van der Waals surface area (Å²) in [6, 6.07) is 64.0. The zero-order valence-corrected chi connectivity index (χ0v) is 67.6. The van der Waals surface area contributed by atoms with E-state index in [1.807, 2.05) is 209 Å². The van der Waals surface area contributed by atoms with Crippen LogP contribution in [0.1, 0.15) is 150 Å². The van der Waals surface area contributed by atoms with Gasteiger partial charge in [0.05, 0.1) is 52.2 Å². The van der Waals surface area contributed by atoms with Gasteiger partial charge in [0.2, 0.25) is 6.43 Å². The Bertz CT molecular complexity index is 7070. The lowest BCUT2D eigenvalue weighted by Crippen LogP contribution is -2.07. The Morgan fingerprint density at radius 2 is 0.500 bits per heavy atom. The van der Waals surface area contributed by atoms with Crippen LogP contribution in [0.3, 0.4) is 0 Å². The lowest BCUT2D eigenvalue weighted by Gasteiger charge is -2.16. The van der Waals surface area contributed by atoms with Crippen molar-refractivity contribution in [3.05, 3.63) is 289 Å². The van der Waals surface area contributed by atoms with Crippen molar-refractivity contribution >= 4 is 110 Å². The minimum atomic E-state index is -2.58. The minimum Gasteiger partial charge on any atom is -0.396 e. The third-order valence-electron chi connectivity index (χ3n) is 23.4. The van der Waals surface area contributed by atoms with Crippen molar-refractivity contribution in [1.82, 2.24) is 59.8 Å². The topological polar surface area (TPSA) is 278 Å². The molecule has 0 spiro atoms. The van der Waals surface area contributed by atoms with E-state index in [0.717, 1.165) is 177 Å². The number of halogens is 3. The SMILES string of the molecule is CC(=O)c1[nH]c(-c2cccc3[nH]ccc23)c(C(C)C(F)F)c1-c1cccc2[nH]ccc12.CC(=O)c1[nH]c(-c2cccc3[nH]ccc23)c(C(C)C)c1-c1cccc2[nH]ccc12.CC(=O)c1[nH]c(-c2cccc3[nH]ccc23)c(C(C)CF)c1-c1cccc2[nH]ccc12.CC(=O)c1[nH]c(-c2cccc3[nH]ccc23)c(C(C)CO)c1-c1cccc2[nH]ccc12. The van der Waals surface area contributed by atoms with E-state index in [9.17, 15) is 37.5 Å². The second-order valence-corrected chi connectivity index (χ2v) is 31.3. The van der Waals surface area contributed by atoms with Gasteiger partial charge < -0.3 is 64.9 Å². The highest BCUT2D eigenvalue weighted by molar-refractivity contribution is 6.14. The lowest BCUT2D eigenvalue weighted by molar-refractivity contribution is 0.100. The van der Waals surface area contributed by atoms with Crippen molar-refractivity contribution < 1.29 is 37.5 Å². The van der Waals surface area contributed by atoms with Crippen LogP contribution >= 0.6 is 0 Å². The Morgan fingerprint density at radius 1 is 0.292 bits per heavy atom. The molecule has 0 bridgehead atoms. The van der Waals surface area contributed by atoms with Crippen LogP contribution in [0.2, 0.25) is 0 Å². The van der Waals surface area contributed by atoms with Crippen LogP contribution in [0.25, 0.3) is 177 Å². The Balaban J connectivity index is 0.000000114. The summed E-state index contributed by atoms with van der Waals surface area (Å²) in [4.78, 5) is 90.2. The second kappa shape index (κ2) is 32.3. The molecule has 120 heavy (non-hydrogen) atoms. The third-order valence-corrected chi connectivity index (χ3v) is 23.4. The maximum Gasteiger partial charge on any atom is 0.245 e. The van der Waals surface area contributed by atoms with Crippen molar-refractivity contribution in [2.45, 2.75) is 92.4 Å². The number of aliphatic hydroxyl groups excluding tert-OH is 1. The predicted molar refractivity (Wildman–Crippen MR) is 480 cm³/mol. The van der Waals surface area contributed by atoms with E-state index in [4.69, 9.17) is 0 Å². The van der Waals surface area contributed by atoms with Crippen LogP contribution < -0.4 is 0 Å². The van der Waals surface area contributed by atoms with Gasteiger partial charge in [0.1, 0.15) is 0 Å². The van der Waals surface area contributed by atoms with Gasteiger partial charge in [-0.1, -0.05) is 132 Å². The van der Waals surface area contributed by atoms with Gasteiger partial charge in [0, 0.05) is 233 Å². The van der Waals surface area contributed by atoms with Crippen molar-refractivity contribution in [2.24, 2.45) is 0 Å². The molecule has 0 aliphatic carbocycles. The molecule has 12 heterocycles. The van der Waals surface area contributed by atoms with Gasteiger partial charge in [-0.25, -0.2) is 8.78 Å². The number of H-pyrrole nitrogens is 12. The number of carbonyl (C=O) groups is 4. The number of benzene rings is 8. The molecule has 600 valence electrons. The van der Waals surface area contributed by atoms with Crippen molar-refractivity contribution in [1.29, 1.82) is 0 Å². The average molecular weight is 1600 g/mol. The standard InChI is InChI=1S/C25H21F2N3O.C25H22FN3O.C25H23N3O2.C25H23N3O/c1-13(25(26)27)21-22(17-5-3-7-19-15(17)9-11-28-19)23(14(2)31)30-24(21)18-6-4-8-20-16(18)10-12-29-20;1-14(13-26)22-23(18-5-3-7-20-16(18)9-11-27-20)24(15(2)30)29-25(22)19-6-4-8-21-17(19)10-12-28-21;1-14(13-29)22-23(18-5-3-7-20-16(18)9-11-26-20)24(15(2)30)28-25(22)19-6-4-8-21-17(19)10-12-27-21;1-14(2)22-23(18-6-4-8-20-16(18)10-12-26-20)24(15(3)29)28-25(22)19-7-5-9-21-17(19)11-13-27-21/h3-13,25,28-30H,1-2H3;3-12,14,27-29H,13H2,1-2H3;3-12,14,26-29H,13H2,1-2H3;4-14,26-28H,1-3H3. The first-order valence-electron chi connectivity index (χ1n) is 40.3. The summed E-state index contributed by atoms with van der Waals surface area (Å²) in [5.74, 6) is -1.61. The van der Waals surface area contributed by atoms with Crippen LogP contribution in [0.15, 0.2) is 244 Å². The number of fused-ring (bicyclic) bond motifs is 8. The number of hydrogen-bond acceptors (Lipinski definition) is 5. The summed E-state index contributed by atoms with van der Waals surface area (Å²) in [5.41, 5.74) is 27.7. The molecule has 0 saturated carbocycles. The predicted octanol–water partition coefficient (Wildman–Crippen LogP) is 25.7. The highest BCUT2D eigenvalue weighted by Crippen LogP contribution is 2.50. The van der Waals surface area contributed by atoms with Gasteiger partial charge in [0.25, 0.3) is 0 Å². The van der Waals surface area contributed by atoms with Crippen molar-refractivity contribution in [2.75, 3.05) is 13.3 Å². The van der Waals surface area contributed by atoms with Crippen molar-refractivity contribution in [3.8, 4) is 89.5 Å². The Hall–Kier alpha value is -14.4. The quantitative estimate of drug-likeness (QED) is 0.0351. The zero-order valence-electron chi connectivity index (χ0n) is 67.6. The summed E-state index contributed by atoms with van der Waals surface area (Å²) in [7, 11) is 0. The van der Waals surface area contributed by atoms with E-state index in [2.05, 4.69) is 122 Å². The fourth-order valence-corrected chi connectivity index (χ4v) is 17.8. The fourth-order valence-electron chi connectivity index (χ4n) is 17.8. The number of hydrogen-bond donors (Lipinski definition) is 13. The monoisotopic (exact) mass is 1590 g/mol. The molecule has 0 fully saturated rings. The number of alkyl halides is 3. The molecule has 0 saturated heterocycles. The normalized spacial score (nSPS) is 12.5. The maximum absolute atomic E-state index is 14.1. The smallest absolute Gasteiger partial charge is 0.245 e. The van der Waals surface area contributed by atoms with Gasteiger partial charge in [0.15, 0.2) is 23.1 Å². The number of carbonyl (C=O) groups excluding carboxylic acids is 4. The molecule has 20 rings (SSSR count). The van der Waals surface area contributed by atoms with Crippen LogP contribution in [0.4, 0.5) is 13.2 Å². The zero-order chi connectivity index (χ0) is 83.5. The Morgan fingerprint density at radius 3 is 0.725 bits per heavy atom. The molecule has 0 amide bonds. The van der Waals surface area contributed by atoms with Crippen LogP contribution in [-0.4, -0.2) is 108 Å². The van der Waals surface area contributed by atoms with Gasteiger partial charge in [-0.15, -0.1) is 0 Å². The van der Waals surface area contributed by atoms with E-state index in [-0.39, 0.29) is 47.5 Å². The van der Waals surface area contributed by atoms with E-state index in [0.29, 0.717) is 39.6 Å². The van der Waals surface area contributed by atoms with Crippen molar-refractivity contribution in [3.63, 3.8) is 0 Å². The summed E-state index contributed by atoms with van der Waals surface area (Å²) < 4.78 is 42.3. The van der Waals surface area contributed by atoms with Crippen LogP contribution in [-0.2, 0) is 0 Å². The number of aromatic nitrogens is 12. The van der Waals surface area contributed by atoms with Crippen LogP contribution in [0, 0.1) is 0 Å². The molecule has 12 aromatic heterocycles. The molecular formula is C100H89F3N12O5. The first-order valence-corrected chi connectivity index (χ1v) is 40.3. The molecule has 3 atom stereocenters. The summed E-state index contributed by atoms with van der Waals surface area (Å²) in [6.45, 7) is 15.5. The molecule has 3 unspecified atom stereocenters. The largest absolute Gasteiger partial charge is 0.396 e. The molecule has 0 radical (unpaired) electrons. The number of rotatable bonds is 19.